The molecule has 0 spiro atoms. The average Bonchev–Trinajstić information content (AvgIpc) is 2.45. The molecule has 0 aromatic carbocycles. The minimum absolute atomic E-state index is 0.833. The Morgan fingerprint density at radius 1 is 1.50 bits per heavy atom. The average molecular weight is 166 g/mol. The lowest BCUT2D eigenvalue weighted by atomic mass is 9.81. The van der Waals surface area contributed by atoms with Crippen LogP contribution in [0.4, 0.5) is 0 Å². The standard InChI is InChI=1S/C12H22/c1-5-9(3)12-8-7-10(4)11(12)6-2/h9,11-12H,4-8H2,1-3H3. The Morgan fingerprint density at radius 3 is 2.67 bits per heavy atom. The van der Waals surface area contributed by atoms with Crippen molar-refractivity contribution in [2.24, 2.45) is 17.8 Å². The molecular weight excluding hydrogens is 144 g/mol. The van der Waals surface area contributed by atoms with E-state index in [1.807, 2.05) is 0 Å². The zero-order valence-corrected chi connectivity index (χ0v) is 8.77. The maximum absolute atomic E-state index is 4.17. The minimum Gasteiger partial charge on any atom is -0.0996 e. The molecule has 1 aliphatic carbocycles. The van der Waals surface area contributed by atoms with Gasteiger partial charge in [0, 0.05) is 0 Å². The lowest BCUT2D eigenvalue weighted by Crippen LogP contribution is -2.15. The molecule has 1 fully saturated rings. The van der Waals surface area contributed by atoms with Gasteiger partial charge in [0.2, 0.25) is 0 Å². The predicted molar refractivity (Wildman–Crippen MR) is 55.1 cm³/mol. The highest BCUT2D eigenvalue weighted by atomic mass is 14.4. The topological polar surface area (TPSA) is 0 Å². The highest BCUT2D eigenvalue weighted by molar-refractivity contribution is 5.09. The largest absolute Gasteiger partial charge is 0.0996 e. The summed E-state index contributed by atoms with van der Waals surface area (Å²) in [6.07, 6.45) is 5.31. The summed E-state index contributed by atoms with van der Waals surface area (Å²) in [6.45, 7) is 11.2. The van der Waals surface area contributed by atoms with Crippen molar-refractivity contribution < 1.29 is 0 Å². The van der Waals surface area contributed by atoms with E-state index in [-0.39, 0.29) is 0 Å². The fraction of sp³-hybridized carbons (Fsp3) is 0.833. The normalized spacial score (nSPS) is 32.4. The first-order valence-electron chi connectivity index (χ1n) is 5.38. The van der Waals surface area contributed by atoms with Gasteiger partial charge < -0.3 is 0 Å². The number of rotatable bonds is 3. The molecular formula is C12H22. The lowest BCUT2D eigenvalue weighted by Gasteiger charge is -2.24. The van der Waals surface area contributed by atoms with Crippen molar-refractivity contribution in [2.75, 3.05) is 0 Å². The van der Waals surface area contributed by atoms with Crippen molar-refractivity contribution in [3.05, 3.63) is 12.2 Å². The molecule has 0 heteroatoms. The van der Waals surface area contributed by atoms with Crippen LogP contribution in [0.2, 0.25) is 0 Å². The first kappa shape index (κ1) is 9.83. The highest BCUT2D eigenvalue weighted by Gasteiger charge is 2.31. The molecule has 0 N–H and O–H groups in total. The van der Waals surface area contributed by atoms with Crippen LogP contribution in [-0.2, 0) is 0 Å². The second-order valence-electron chi connectivity index (χ2n) is 4.26. The third-order valence-electron chi connectivity index (χ3n) is 3.65. The van der Waals surface area contributed by atoms with E-state index in [0.29, 0.717) is 0 Å². The summed E-state index contributed by atoms with van der Waals surface area (Å²) in [6, 6.07) is 0. The van der Waals surface area contributed by atoms with E-state index in [0.717, 1.165) is 17.8 Å². The van der Waals surface area contributed by atoms with E-state index >= 15 is 0 Å². The summed E-state index contributed by atoms with van der Waals surface area (Å²) in [5.74, 6) is 2.67. The molecule has 0 aromatic heterocycles. The molecule has 0 amide bonds. The Morgan fingerprint density at radius 2 is 2.17 bits per heavy atom. The van der Waals surface area contributed by atoms with E-state index in [9.17, 15) is 0 Å². The second kappa shape index (κ2) is 4.11. The predicted octanol–water partition coefficient (Wildman–Crippen LogP) is 4.02. The molecule has 0 radical (unpaired) electrons. The van der Waals surface area contributed by atoms with Gasteiger partial charge in [0.1, 0.15) is 0 Å². The van der Waals surface area contributed by atoms with Gasteiger partial charge in [0.05, 0.1) is 0 Å². The van der Waals surface area contributed by atoms with Crippen molar-refractivity contribution >= 4 is 0 Å². The molecule has 1 rings (SSSR count). The van der Waals surface area contributed by atoms with Gasteiger partial charge in [-0.2, -0.15) is 0 Å². The van der Waals surface area contributed by atoms with E-state index < -0.39 is 0 Å². The zero-order valence-electron chi connectivity index (χ0n) is 8.77. The first-order chi connectivity index (χ1) is 5.70. The monoisotopic (exact) mass is 166 g/mol. The van der Waals surface area contributed by atoms with Crippen LogP contribution in [0, 0.1) is 17.8 Å². The quantitative estimate of drug-likeness (QED) is 0.555. The molecule has 70 valence electrons. The SMILES string of the molecule is C=C1CCC(C(C)CC)C1CC. The van der Waals surface area contributed by atoms with Gasteiger partial charge in [-0.1, -0.05) is 39.3 Å². The van der Waals surface area contributed by atoms with Crippen LogP contribution in [0.5, 0.6) is 0 Å². The van der Waals surface area contributed by atoms with E-state index in [4.69, 9.17) is 0 Å². The maximum Gasteiger partial charge on any atom is -0.0178 e. The van der Waals surface area contributed by atoms with Crippen molar-refractivity contribution in [1.29, 1.82) is 0 Å². The van der Waals surface area contributed by atoms with Crippen molar-refractivity contribution in [3.8, 4) is 0 Å². The summed E-state index contributed by atoms with van der Waals surface area (Å²) >= 11 is 0. The summed E-state index contributed by atoms with van der Waals surface area (Å²) in [4.78, 5) is 0. The highest BCUT2D eigenvalue weighted by Crippen LogP contribution is 2.42. The fourth-order valence-electron chi connectivity index (χ4n) is 2.62. The number of allylic oxidation sites excluding steroid dienone is 1. The van der Waals surface area contributed by atoms with Gasteiger partial charge in [-0.3, -0.25) is 0 Å². The smallest absolute Gasteiger partial charge is 0.0178 e. The zero-order chi connectivity index (χ0) is 9.14. The van der Waals surface area contributed by atoms with Crippen molar-refractivity contribution in [1.82, 2.24) is 0 Å². The molecule has 1 saturated carbocycles. The van der Waals surface area contributed by atoms with Crippen LogP contribution < -0.4 is 0 Å². The molecule has 1 aliphatic rings. The van der Waals surface area contributed by atoms with Crippen LogP contribution in [0.1, 0.15) is 46.5 Å². The fourth-order valence-corrected chi connectivity index (χ4v) is 2.62. The molecule has 0 aromatic rings. The Hall–Kier alpha value is -0.260. The Balaban J connectivity index is 2.59. The summed E-state index contributed by atoms with van der Waals surface area (Å²) in [7, 11) is 0. The van der Waals surface area contributed by atoms with Crippen LogP contribution in [0.15, 0.2) is 12.2 Å². The van der Waals surface area contributed by atoms with Crippen LogP contribution in [0.25, 0.3) is 0 Å². The molecule has 0 bridgehead atoms. The van der Waals surface area contributed by atoms with Gasteiger partial charge in [0.15, 0.2) is 0 Å². The Labute approximate surface area is 77.1 Å². The van der Waals surface area contributed by atoms with Gasteiger partial charge in [0.25, 0.3) is 0 Å². The molecule has 0 aliphatic heterocycles. The van der Waals surface area contributed by atoms with E-state index in [2.05, 4.69) is 27.4 Å². The lowest BCUT2D eigenvalue weighted by molar-refractivity contribution is 0.283. The number of hydrogen-bond donors (Lipinski definition) is 0. The molecule has 3 atom stereocenters. The van der Waals surface area contributed by atoms with Gasteiger partial charge in [-0.05, 0) is 37.0 Å². The third-order valence-corrected chi connectivity index (χ3v) is 3.65. The van der Waals surface area contributed by atoms with Crippen LogP contribution in [0.3, 0.4) is 0 Å². The molecule has 3 unspecified atom stereocenters. The summed E-state index contributed by atoms with van der Waals surface area (Å²) < 4.78 is 0. The van der Waals surface area contributed by atoms with E-state index in [1.54, 1.807) is 0 Å². The Kier molecular flexibility index (Phi) is 3.37. The summed E-state index contributed by atoms with van der Waals surface area (Å²) in [5, 5.41) is 0. The van der Waals surface area contributed by atoms with Gasteiger partial charge in [-0.15, -0.1) is 0 Å². The van der Waals surface area contributed by atoms with Crippen LogP contribution in [-0.4, -0.2) is 0 Å². The minimum atomic E-state index is 0.833. The van der Waals surface area contributed by atoms with Crippen molar-refractivity contribution in [2.45, 2.75) is 46.5 Å². The molecule has 12 heavy (non-hydrogen) atoms. The second-order valence-corrected chi connectivity index (χ2v) is 4.26. The summed E-state index contributed by atoms with van der Waals surface area (Å²) in [5.41, 5.74) is 1.52. The first-order valence-corrected chi connectivity index (χ1v) is 5.38. The molecule has 0 saturated heterocycles. The molecule has 0 heterocycles. The maximum atomic E-state index is 4.17. The molecule has 0 nitrogen and oxygen atoms in total. The third kappa shape index (κ3) is 1.73. The van der Waals surface area contributed by atoms with E-state index in [1.165, 1.54) is 31.3 Å². The Bertz CT molecular complexity index is 157. The number of hydrogen-bond acceptors (Lipinski definition) is 0. The van der Waals surface area contributed by atoms with Gasteiger partial charge in [-0.25, -0.2) is 0 Å². The van der Waals surface area contributed by atoms with Crippen LogP contribution >= 0.6 is 0 Å². The van der Waals surface area contributed by atoms with Crippen molar-refractivity contribution in [3.63, 3.8) is 0 Å². The van der Waals surface area contributed by atoms with Gasteiger partial charge >= 0.3 is 0 Å².